The van der Waals surface area contributed by atoms with Crippen molar-refractivity contribution < 1.29 is 23.9 Å². The fourth-order valence-corrected chi connectivity index (χ4v) is 5.14. The minimum Gasteiger partial charge on any atom is -0.454 e. The highest BCUT2D eigenvalue weighted by Gasteiger charge is 2.36. The molecular formula is C32H18BrClN2O5. The van der Waals surface area contributed by atoms with E-state index in [4.69, 9.17) is 16.3 Å². The predicted molar refractivity (Wildman–Crippen MR) is 159 cm³/mol. The van der Waals surface area contributed by atoms with Crippen molar-refractivity contribution in [3.63, 3.8) is 0 Å². The van der Waals surface area contributed by atoms with Crippen LogP contribution in [0.5, 0.6) is 0 Å². The molecule has 6 rings (SSSR count). The quantitative estimate of drug-likeness (QED) is 0.113. The van der Waals surface area contributed by atoms with Crippen molar-refractivity contribution in [1.29, 1.82) is 0 Å². The van der Waals surface area contributed by atoms with Gasteiger partial charge in [-0.3, -0.25) is 14.4 Å². The third-order valence-electron chi connectivity index (χ3n) is 6.73. The number of hydrogen-bond donors (Lipinski definition) is 0. The average Bonchev–Trinajstić information content (AvgIpc) is 3.25. The average molecular weight is 626 g/mol. The van der Waals surface area contributed by atoms with Crippen molar-refractivity contribution in [2.75, 3.05) is 11.5 Å². The van der Waals surface area contributed by atoms with Crippen LogP contribution >= 0.6 is 27.5 Å². The van der Waals surface area contributed by atoms with Crippen LogP contribution in [0.1, 0.15) is 41.4 Å². The largest absolute Gasteiger partial charge is 0.454 e. The number of pyridine rings is 1. The maximum Gasteiger partial charge on any atom is 0.339 e. The number of anilines is 1. The van der Waals surface area contributed by atoms with E-state index in [0.29, 0.717) is 49.6 Å². The Morgan fingerprint density at radius 1 is 0.829 bits per heavy atom. The van der Waals surface area contributed by atoms with Gasteiger partial charge in [0.1, 0.15) is 0 Å². The van der Waals surface area contributed by atoms with Crippen LogP contribution in [0, 0.1) is 0 Å². The second-order valence-corrected chi connectivity index (χ2v) is 10.6. The zero-order valence-electron chi connectivity index (χ0n) is 21.1. The van der Waals surface area contributed by atoms with Gasteiger partial charge in [0.2, 0.25) is 0 Å². The molecule has 0 unspecified atom stereocenters. The number of carbonyl (C=O) groups is 4. The van der Waals surface area contributed by atoms with Gasteiger partial charge in [-0.05, 0) is 48.5 Å². The van der Waals surface area contributed by atoms with Gasteiger partial charge >= 0.3 is 5.97 Å². The Balaban J connectivity index is 1.30. The number of nitrogens with zero attached hydrogens (tertiary/aromatic N) is 2. The van der Waals surface area contributed by atoms with Gasteiger partial charge < -0.3 is 4.74 Å². The molecule has 4 aromatic carbocycles. The number of halogens is 2. The van der Waals surface area contributed by atoms with Crippen molar-refractivity contribution in [3.05, 3.63) is 129 Å². The Morgan fingerprint density at radius 2 is 1.49 bits per heavy atom. The van der Waals surface area contributed by atoms with E-state index in [0.717, 1.165) is 9.37 Å². The van der Waals surface area contributed by atoms with E-state index < -0.39 is 24.4 Å². The number of rotatable bonds is 6. The Kier molecular flexibility index (Phi) is 6.95. The molecule has 7 nitrogen and oxygen atoms in total. The fourth-order valence-electron chi connectivity index (χ4n) is 4.66. The van der Waals surface area contributed by atoms with Gasteiger partial charge in [-0.25, -0.2) is 14.7 Å². The van der Waals surface area contributed by atoms with E-state index in [1.54, 1.807) is 97.1 Å². The fraction of sp³-hybridized carbons (Fsp3) is 0.0312. The van der Waals surface area contributed by atoms with Crippen LogP contribution < -0.4 is 4.90 Å². The molecule has 0 bridgehead atoms. The van der Waals surface area contributed by atoms with Gasteiger partial charge in [-0.1, -0.05) is 76.1 Å². The number of aromatic nitrogens is 1. The van der Waals surface area contributed by atoms with Gasteiger partial charge in [0.15, 0.2) is 12.4 Å². The number of para-hydroxylation sites is 1. The zero-order chi connectivity index (χ0) is 28.7. The Hall–Kier alpha value is -4.66. The van der Waals surface area contributed by atoms with Crippen molar-refractivity contribution in [1.82, 2.24) is 4.98 Å². The van der Waals surface area contributed by atoms with Gasteiger partial charge in [0, 0.05) is 21.0 Å². The summed E-state index contributed by atoms with van der Waals surface area (Å²) in [5, 5.41) is 0.817. The summed E-state index contributed by atoms with van der Waals surface area (Å²) < 4.78 is 6.23. The van der Waals surface area contributed by atoms with Crippen molar-refractivity contribution in [3.8, 4) is 11.3 Å². The molecule has 0 radical (unpaired) electrons. The standard InChI is InChI=1S/C32H18BrClN2O5/c33-20-12-8-19(9-13-20)28(37)17-41-32(40)25-16-27(35-29-22(25)6-3-7-26(29)34)18-10-14-21(15-11-18)36-30(38)23-4-1-2-5-24(23)31(36)39/h1-16H,17H2. The molecule has 0 saturated carbocycles. The molecule has 1 aliphatic heterocycles. The first-order chi connectivity index (χ1) is 19.8. The molecule has 0 spiro atoms. The third kappa shape index (κ3) is 4.92. The number of benzene rings is 4. The van der Waals surface area contributed by atoms with E-state index in [-0.39, 0.29) is 11.3 Å². The third-order valence-corrected chi connectivity index (χ3v) is 7.56. The number of Topliss-reactive ketones (excluding diaryl/α,β-unsaturated/α-hetero) is 1. The first kappa shape index (κ1) is 26.6. The molecular weight excluding hydrogens is 608 g/mol. The highest BCUT2D eigenvalue weighted by molar-refractivity contribution is 9.10. The molecule has 41 heavy (non-hydrogen) atoms. The molecule has 0 fully saturated rings. The maximum absolute atomic E-state index is 13.2. The van der Waals surface area contributed by atoms with Gasteiger partial charge in [0.05, 0.1) is 38.6 Å². The number of imide groups is 1. The molecule has 0 N–H and O–H groups in total. The van der Waals surface area contributed by atoms with Crippen LogP contribution in [0.4, 0.5) is 5.69 Å². The highest BCUT2D eigenvalue weighted by Crippen LogP contribution is 2.32. The molecule has 0 atom stereocenters. The summed E-state index contributed by atoms with van der Waals surface area (Å²) in [5.74, 6) is -1.83. The highest BCUT2D eigenvalue weighted by atomic mass is 79.9. The number of ketones is 1. The molecule has 1 aliphatic rings. The first-order valence-corrected chi connectivity index (χ1v) is 13.6. The molecule has 200 valence electrons. The zero-order valence-corrected chi connectivity index (χ0v) is 23.5. The summed E-state index contributed by atoms with van der Waals surface area (Å²) in [4.78, 5) is 57.4. The number of amides is 2. The summed E-state index contributed by atoms with van der Waals surface area (Å²) >= 11 is 9.78. The van der Waals surface area contributed by atoms with Crippen LogP contribution in [0.3, 0.4) is 0 Å². The van der Waals surface area contributed by atoms with Crippen LogP contribution in [0.15, 0.2) is 102 Å². The Morgan fingerprint density at radius 3 is 2.15 bits per heavy atom. The van der Waals surface area contributed by atoms with E-state index >= 15 is 0 Å². The summed E-state index contributed by atoms with van der Waals surface area (Å²) in [6, 6.07) is 26.8. The van der Waals surface area contributed by atoms with Gasteiger partial charge in [0.25, 0.3) is 11.8 Å². The Labute approximate surface area is 247 Å². The van der Waals surface area contributed by atoms with Gasteiger partial charge in [-0.15, -0.1) is 0 Å². The first-order valence-electron chi connectivity index (χ1n) is 12.5. The van der Waals surface area contributed by atoms with Gasteiger partial charge in [-0.2, -0.15) is 0 Å². The number of hydrogen-bond acceptors (Lipinski definition) is 6. The van der Waals surface area contributed by atoms with E-state index in [1.807, 2.05) is 0 Å². The molecule has 2 amide bonds. The molecule has 1 aromatic heterocycles. The molecule has 9 heteroatoms. The lowest BCUT2D eigenvalue weighted by molar-refractivity contribution is 0.0476. The van der Waals surface area contributed by atoms with E-state index in [9.17, 15) is 19.2 Å². The lowest BCUT2D eigenvalue weighted by Crippen LogP contribution is -2.29. The normalized spacial score (nSPS) is 12.5. The SMILES string of the molecule is O=C(COC(=O)c1cc(-c2ccc(N3C(=O)c4ccccc4C3=O)cc2)nc2c(Cl)cccc12)c1ccc(Br)cc1. The number of fused-ring (bicyclic) bond motifs is 2. The van der Waals surface area contributed by atoms with Crippen LogP contribution in [-0.4, -0.2) is 35.2 Å². The minimum atomic E-state index is -0.700. The van der Waals surface area contributed by atoms with Crippen LogP contribution in [-0.2, 0) is 4.74 Å². The van der Waals surface area contributed by atoms with E-state index in [1.165, 1.54) is 0 Å². The summed E-state index contributed by atoms with van der Waals surface area (Å²) in [7, 11) is 0. The smallest absolute Gasteiger partial charge is 0.339 e. The summed E-state index contributed by atoms with van der Waals surface area (Å²) in [5.41, 5.74) is 3.16. The Bertz CT molecular complexity index is 1850. The molecule has 0 aliphatic carbocycles. The number of carbonyl (C=O) groups excluding carboxylic acids is 4. The van der Waals surface area contributed by atoms with Crippen LogP contribution in [0.25, 0.3) is 22.2 Å². The van der Waals surface area contributed by atoms with Crippen LogP contribution in [0.2, 0.25) is 5.02 Å². The van der Waals surface area contributed by atoms with E-state index in [2.05, 4.69) is 20.9 Å². The van der Waals surface area contributed by atoms with Crippen molar-refractivity contribution in [2.45, 2.75) is 0 Å². The predicted octanol–water partition coefficient (Wildman–Crippen LogP) is 7.16. The summed E-state index contributed by atoms with van der Waals surface area (Å²) in [6.07, 6.45) is 0. The monoisotopic (exact) mass is 624 g/mol. The lowest BCUT2D eigenvalue weighted by atomic mass is 10.0. The van der Waals surface area contributed by atoms with Crippen molar-refractivity contribution >= 4 is 67.7 Å². The lowest BCUT2D eigenvalue weighted by Gasteiger charge is -2.15. The molecule has 2 heterocycles. The summed E-state index contributed by atoms with van der Waals surface area (Å²) in [6.45, 7) is -0.435. The topological polar surface area (TPSA) is 93.6 Å². The maximum atomic E-state index is 13.2. The second kappa shape index (κ2) is 10.7. The number of ether oxygens (including phenoxy) is 1. The second-order valence-electron chi connectivity index (χ2n) is 9.24. The molecule has 5 aromatic rings. The van der Waals surface area contributed by atoms with Crippen molar-refractivity contribution in [2.24, 2.45) is 0 Å². The minimum absolute atomic E-state index is 0.195. The molecule has 0 saturated heterocycles. The number of esters is 1.